The summed E-state index contributed by atoms with van der Waals surface area (Å²) >= 11 is 6.17. The lowest BCUT2D eigenvalue weighted by molar-refractivity contribution is -0.111. The summed E-state index contributed by atoms with van der Waals surface area (Å²) in [5.41, 5.74) is 2.59. The minimum absolute atomic E-state index is 0.209. The molecule has 0 radical (unpaired) electrons. The molecule has 0 saturated heterocycles. The van der Waals surface area contributed by atoms with Crippen LogP contribution in [0.1, 0.15) is 11.1 Å². The van der Waals surface area contributed by atoms with E-state index in [1.807, 2.05) is 43.3 Å². The van der Waals surface area contributed by atoms with E-state index in [4.69, 9.17) is 16.3 Å². The molecule has 1 N–H and O–H groups in total. The largest absolute Gasteiger partial charge is 0.495 e. The van der Waals surface area contributed by atoms with Gasteiger partial charge in [0.2, 0.25) is 5.91 Å². The van der Waals surface area contributed by atoms with E-state index in [9.17, 15) is 4.79 Å². The van der Waals surface area contributed by atoms with E-state index < -0.39 is 0 Å². The van der Waals surface area contributed by atoms with Crippen LogP contribution in [0.5, 0.6) is 5.75 Å². The van der Waals surface area contributed by atoms with Gasteiger partial charge in [0.05, 0.1) is 12.1 Å². The number of aryl methyl sites for hydroxylation is 1. The number of anilines is 1. The number of carbonyl (C=O) groups is 1. The van der Waals surface area contributed by atoms with Gasteiger partial charge in [-0.2, -0.15) is 0 Å². The monoisotopic (exact) mass is 301 g/mol. The normalized spacial score (nSPS) is 10.6. The van der Waals surface area contributed by atoms with Crippen LogP contribution in [0.15, 0.2) is 48.5 Å². The number of nitrogens with one attached hydrogen (secondary N) is 1. The standard InChI is InChI=1S/C17H16ClNO2/c1-12-5-3-7-14(11-12)19-16(20)10-9-13-6-4-8-15(21-2)17(13)18/h3-11H,1-2H3,(H,19,20)/b10-9+. The molecule has 0 bridgehead atoms. The molecular formula is C17H16ClNO2. The lowest BCUT2D eigenvalue weighted by Crippen LogP contribution is -2.07. The zero-order valence-corrected chi connectivity index (χ0v) is 12.6. The number of halogens is 1. The van der Waals surface area contributed by atoms with Gasteiger partial charge in [-0.15, -0.1) is 0 Å². The number of ether oxygens (including phenoxy) is 1. The number of hydrogen-bond donors (Lipinski definition) is 1. The number of methoxy groups -OCH3 is 1. The maximum atomic E-state index is 11.9. The van der Waals surface area contributed by atoms with Crippen LogP contribution in [-0.2, 0) is 4.79 Å². The second-order valence-electron chi connectivity index (χ2n) is 4.56. The number of rotatable bonds is 4. The molecule has 4 heteroatoms. The molecule has 2 rings (SSSR count). The molecule has 0 aliphatic rings. The third-order valence-electron chi connectivity index (χ3n) is 2.91. The van der Waals surface area contributed by atoms with Crippen molar-refractivity contribution >= 4 is 29.3 Å². The van der Waals surface area contributed by atoms with Crippen molar-refractivity contribution in [3.63, 3.8) is 0 Å². The van der Waals surface area contributed by atoms with Crippen LogP contribution < -0.4 is 10.1 Å². The molecule has 0 atom stereocenters. The molecule has 1 amide bonds. The van der Waals surface area contributed by atoms with Crippen LogP contribution in [0.2, 0.25) is 5.02 Å². The van der Waals surface area contributed by atoms with E-state index in [0.29, 0.717) is 10.8 Å². The van der Waals surface area contributed by atoms with Gasteiger partial charge in [-0.05, 0) is 42.3 Å². The zero-order chi connectivity index (χ0) is 15.2. The third kappa shape index (κ3) is 4.10. The van der Waals surface area contributed by atoms with E-state index in [1.165, 1.54) is 6.08 Å². The van der Waals surface area contributed by atoms with Gasteiger partial charge in [-0.3, -0.25) is 4.79 Å². The molecule has 0 aliphatic carbocycles. The smallest absolute Gasteiger partial charge is 0.248 e. The second-order valence-corrected chi connectivity index (χ2v) is 4.93. The number of carbonyl (C=O) groups excluding carboxylic acids is 1. The van der Waals surface area contributed by atoms with Crippen molar-refractivity contribution in [1.29, 1.82) is 0 Å². The molecule has 0 spiro atoms. The Morgan fingerprint density at radius 1 is 1.24 bits per heavy atom. The van der Waals surface area contributed by atoms with Gasteiger partial charge >= 0.3 is 0 Å². The van der Waals surface area contributed by atoms with Crippen molar-refractivity contribution in [2.45, 2.75) is 6.92 Å². The Morgan fingerprint density at radius 2 is 2.00 bits per heavy atom. The summed E-state index contributed by atoms with van der Waals surface area (Å²) in [6.45, 7) is 1.97. The molecule has 2 aromatic rings. The van der Waals surface area contributed by atoms with Crippen molar-refractivity contribution in [2.24, 2.45) is 0 Å². The summed E-state index contributed by atoms with van der Waals surface area (Å²) in [6.07, 6.45) is 3.11. The van der Waals surface area contributed by atoms with Gasteiger partial charge in [-0.25, -0.2) is 0 Å². The highest BCUT2D eigenvalue weighted by molar-refractivity contribution is 6.33. The number of amides is 1. The fourth-order valence-electron chi connectivity index (χ4n) is 1.89. The average molecular weight is 302 g/mol. The molecule has 0 fully saturated rings. The second kappa shape index (κ2) is 6.95. The van der Waals surface area contributed by atoms with Gasteiger partial charge in [0.25, 0.3) is 0 Å². The Labute approximate surface area is 129 Å². The Hall–Kier alpha value is -2.26. The number of benzene rings is 2. The van der Waals surface area contributed by atoms with E-state index in [0.717, 1.165) is 16.8 Å². The van der Waals surface area contributed by atoms with Gasteiger partial charge in [0.15, 0.2) is 0 Å². The van der Waals surface area contributed by atoms with Gasteiger partial charge in [0.1, 0.15) is 5.75 Å². The van der Waals surface area contributed by atoms with Crippen LogP contribution >= 0.6 is 11.6 Å². The highest BCUT2D eigenvalue weighted by Gasteiger charge is 2.04. The van der Waals surface area contributed by atoms with Gasteiger partial charge in [0, 0.05) is 11.8 Å². The first kappa shape index (κ1) is 15.1. The quantitative estimate of drug-likeness (QED) is 0.855. The molecule has 0 saturated carbocycles. The number of hydrogen-bond acceptors (Lipinski definition) is 2. The lowest BCUT2D eigenvalue weighted by atomic mass is 10.2. The molecule has 0 aromatic heterocycles. The molecule has 2 aromatic carbocycles. The predicted octanol–water partition coefficient (Wildman–Crippen LogP) is 4.31. The Kier molecular flexibility index (Phi) is 5.01. The minimum atomic E-state index is -0.209. The Morgan fingerprint density at radius 3 is 2.71 bits per heavy atom. The summed E-state index contributed by atoms with van der Waals surface area (Å²) < 4.78 is 5.13. The van der Waals surface area contributed by atoms with Crippen molar-refractivity contribution in [3.8, 4) is 5.75 Å². The van der Waals surface area contributed by atoms with Crippen LogP contribution in [0.3, 0.4) is 0 Å². The first-order valence-electron chi connectivity index (χ1n) is 6.48. The van der Waals surface area contributed by atoms with E-state index in [2.05, 4.69) is 5.32 Å². The minimum Gasteiger partial charge on any atom is -0.495 e. The first-order valence-corrected chi connectivity index (χ1v) is 6.86. The summed E-state index contributed by atoms with van der Waals surface area (Å²) in [5.74, 6) is 0.373. The highest BCUT2D eigenvalue weighted by atomic mass is 35.5. The average Bonchev–Trinajstić information content (AvgIpc) is 2.46. The molecular weight excluding hydrogens is 286 g/mol. The van der Waals surface area contributed by atoms with Crippen molar-refractivity contribution in [2.75, 3.05) is 12.4 Å². The maximum absolute atomic E-state index is 11.9. The van der Waals surface area contributed by atoms with Gasteiger partial charge in [-0.1, -0.05) is 35.9 Å². The fraction of sp³-hybridized carbons (Fsp3) is 0.118. The highest BCUT2D eigenvalue weighted by Crippen LogP contribution is 2.28. The topological polar surface area (TPSA) is 38.3 Å². The summed E-state index contributed by atoms with van der Waals surface area (Å²) in [6, 6.07) is 13.0. The van der Waals surface area contributed by atoms with E-state index in [-0.39, 0.29) is 5.91 Å². The maximum Gasteiger partial charge on any atom is 0.248 e. The Bertz CT molecular complexity index is 680. The fourth-order valence-corrected chi connectivity index (χ4v) is 2.15. The Balaban J connectivity index is 2.09. The first-order chi connectivity index (χ1) is 10.1. The molecule has 0 unspecified atom stereocenters. The summed E-state index contributed by atoms with van der Waals surface area (Å²) in [5, 5.41) is 3.29. The summed E-state index contributed by atoms with van der Waals surface area (Å²) in [4.78, 5) is 11.9. The summed E-state index contributed by atoms with van der Waals surface area (Å²) in [7, 11) is 1.55. The van der Waals surface area contributed by atoms with Crippen LogP contribution in [0.25, 0.3) is 6.08 Å². The van der Waals surface area contributed by atoms with E-state index in [1.54, 1.807) is 19.3 Å². The van der Waals surface area contributed by atoms with Gasteiger partial charge < -0.3 is 10.1 Å². The molecule has 3 nitrogen and oxygen atoms in total. The predicted molar refractivity (Wildman–Crippen MR) is 86.8 cm³/mol. The van der Waals surface area contributed by atoms with Crippen molar-refractivity contribution in [1.82, 2.24) is 0 Å². The van der Waals surface area contributed by atoms with Crippen LogP contribution in [0.4, 0.5) is 5.69 Å². The van der Waals surface area contributed by atoms with Crippen LogP contribution in [0, 0.1) is 6.92 Å². The van der Waals surface area contributed by atoms with Crippen molar-refractivity contribution in [3.05, 3.63) is 64.7 Å². The van der Waals surface area contributed by atoms with Crippen molar-refractivity contribution < 1.29 is 9.53 Å². The third-order valence-corrected chi connectivity index (χ3v) is 3.32. The molecule has 0 heterocycles. The van der Waals surface area contributed by atoms with Crippen LogP contribution in [-0.4, -0.2) is 13.0 Å². The molecule has 0 aliphatic heterocycles. The molecule has 108 valence electrons. The SMILES string of the molecule is COc1cccc(/C=C/C(=O)Nc2cccc(C)c2)c1Cl. The lowest BCUT2D eigenvalue weighted by Gasteiger charge is -2.05. The van der Waals surface area contributed by atoms with E-state index >= 15 is 0 Å². The zero-order valence-electron chi connectivity index (χ0n) is 11.9. The molecule has 21 heavy (non-hydrogen) atoms.